The van der Waals surface area contributed by atoms with E-state index in [4.69, 9.17) is 5.53 Å². The molecule has 0 aliphatic heterocycles. The minimum Gasteiger partial charge on any atom is -0.405 e. The van der Waals surface area contributed by atoms with Gasteiger partial charge in [0.2, 0.25) is 0 Å². The highest BCUT2D eigenvalue weighted by molar-refractivity contribution is 5.51. The third kappa shape index (κ3) is 3.35. The van der Waals surface area contributed by atoms with Crippen LogP contribution in [-0.2, 0) is 0 Å². The highest BCUT2D eigenvalue weighted by Crippen LogP contribution is 2.32. The van der Waals surface area contributed by atoms with Gasteiger partial charge >= 0.3 is 6.36 Å². The molecule has 0 amide bonds. The Morgan fingerprint density at radius 3 is 2.53 bits per heavy atom. The summed E-state index contributed by atoms with van der Waals surface area (Å²) < 4.78 is 51.5. The molecule has 15 heavy (non-hydrogen) atoms. The molecular formula is C7H3F4N3O. The van der Waals surface area contributed by atoms with Gasteiger partial charge in [0.15, 0.2) is 0 Å². The highest BCUT2D eigenvalue weighted by atomic mass is 19.4. The fourth-order valence-corrected chi connectivity index (χ4v) is 0.825. The van der Waals surface area contributed by atoms with Crippen molar-refractivity contribution in [2.45, 2.75) is 6.36 Å². The van der Waals surface area contributed by atoms with E-state index in [0.29, 0.717) is 6.07 Å². The van der Waals surface area contributed by atoms with E-state index in [1.807, 2.05) is 0 Å². The number of benzene rings is 1. The van der Waals surface area contributed by atoms with E-state index in [1.165, 1.54) is 0 Å². The molecule has 0 fully saturated rings. The Labute approximate surface area is 80.7 Å². The second-order valence-corrected chi connectivity index (χ2v) is 2.35. The quantitative estimate of drug-likeness (QED) is 0.325. The Hall–Kier alpha value is -1.95. The van der Waals surface area contributed by atoms with Crippen LogP contribution in [0.1, 0.15) is 0 Å². The van der Waals surface area contributed by atoms with Crippen LogP contribution < -0.4 is 4.74 Å². The van der Waals surface area contributed by atoms with Crippen LogP contribution in [0.15, 0.2) is 23.3 Å². The van der Waals surface area contributed by atoms with Gasteiger partial charge in [0.25, 0.3) is 0 Å². The lowest BCUT2D eigenvalue weighted by molar-refractivity contribution is -0.274. The van der Waals surface area contributed by atoms with Gasteiger partial charge in [0.1, 0.15) is 11.6 Å². The number of nitrogens with zero attached hydrogens (tertiary/aromatic N) is 3. The van der Waals surface area contributed by atoms with Gasteiger partial charge in [-0.1, -0.05) is 5.11 Å². The number of hydrogen-bond donors (Lipinski definition) is 0. The van der Waals surface area contributed by atoms with Gasteiger partial charge in [-0.05, 0) is 17.7 Å². The molecule has 0 aliphatic rings. The van der Waals surface area contributed by atoms with Crippen molar-refractivity contribution in [1.82, 2.24) is 0 Å². The molecule has 0 saturated carbocycles. The molecule has 1 aromatic rings. The first-order chi connectivity index (χ1) is 6.92. The predicted molar refractivity (Wildman–Crippen MR) is 41.9 cm³/mol. The van der Waals surface area contributed by atoms with E-state index >= 15 is 0 Å². The Bertz CT molecular complexity index is 411. The normalized spacial score (nSPS) is 10.7. The first kappa shape index (κ1) is 11.1. The maximum atomic E-state index is 12.6. The summed E-state index contributed by atoms with van der Waals surface area (Å²) in [5, 5.41) is 2.92. The number of azide groups is 1. The molecule has 0 saturated heterocycles. The monoisotopic (exact) mass is 221 g/mol. The molecular weight excluding hydrogens is 218 g/mol. The molecule has 4 nitrogen and oxygen atoms in total. The molecule has 8 heteroatoms. The molecule has 0 N–H and O–H groups in total. The second kappa shape index (κ2) is 4.05. The van der Waals surface area contributed by atoms with Crippen molar-refractivity contribution in [3.8, 4) is 5.75 Å². The largest absolute Gasteiger partial charge is 0.573 e. The zero-order chi connectivity index (χ0) is 11.5. The summed E-state index contributed by atoms with van der Waals surface area (Å²) in [6, 6.07) is 2.22. The average Bonchev–Trinajstić information content (AvgIpc) is 2.07. The average molecular weight is 221 g/mol. The third-order valence-corrected chi connectivity index (χ3v) is 1.30. The highest BCUT2D eigenvalue weighted by Gasteiger charge is 2.32. The summed E-state index contributed by atoms with van der Waals surface area (Å²) in [6.07, 6.45) is -4.96. The van der Waals surface area contributed by atoms with Gasteiger partial charge in [0.05, 0.1) is 5.69 Å². The summed E-state index contributed by atoms with van der Waals surface area (Å²) in [5.74, 6) is -1.80. The Balaban J connectivity index is 3.13. The minimum atomic E-state index is -4.96. The Morgan fingerprint density at radius 2 is 2.00 bits per heavy atom. The van der Waals surface area contributed by atoms with Gasteiger partial charge in [-0.2, -0.15) is 0 Å². The molecule has 0 heterocycles. The van der Waals surface area contributed by atoms with Gasteiger partial charge < -0.3 is 4.74 Å². The van der Waals surface area contributed by atoms with Gasteiger partial charge in [-0.25, -0.2) is 4.39 Å². The van der Waals surface area contributed by atoms with Crippen LogP contribution in [0.3, 0.4) is 0 Å². The van der Waals surface area contributed by atoms with Crippen LogP contribution >= 0.6 is 0 Å². The zero-order valence-electron chi connectivity index (χ0n) is 6.99. The predicted octanol–water partition coefficient (Wildman–Crippen LogP) is 3.67. The first-order valence-electron chi connectivity index (χ1n) is 3.53. The number of halogens is 4. The van der Waals surface area contributed by atoms with E-state index in [2.05, 4.69) is 14.8 Å². The molecule has 0 aliphatic carbocycles. The Kier molecular flexibility index (Phi) is 3.01. The van der Waals surface area contributed by atoms with Crippen molar-refractivity contribution in [2.75, 3.05) is 0 Å². The molecule has 0 bridgehead atoms. The lowest BCUT2D eigenvalue weighted by Crippen LogP contribution is -2.17. The molecule has 0 atom stereocenters. The molecule has 80 valence electrons. The topological polar surface area (TPSA) is 58.0 Å². The second-order valence-electron chi connectivity index (χ2n) is 2.35. The van der Waals surface area contributed by atoms with E-state index in [1.54, 1.807) is 0 Å². The fraction of sp³-hybridized carbons (Fsp3) is 0.143. The van der Waals surface area contributed by atoms with E-state index in [0.717, 1.165) is 12.1 Å². The molecule has 1 aromatic carbocycles. The van der Waals surface area contributed by atoms with Crippen LogP contribution in [0.5, 0.6) is 5.75 Å². The summed E-state index contributed by atoms with van der Waals surface area (Å²) >= 11 is 0. The molecule has 0 aromatic heterocycles. The number of ether oxygens (including phenoxy) is 1. The lowest BCUT2D eigenvalue weighted by atomic mass is 10.3. The Morgan fingerprint density at radius 1 is 1.33 bits per heavy atom. The maximum absolute atomic E-state index is 12.6. The van der Waals surface area contributed by atoms with Crippen LogP contribution in [0.25, 0.3) is 10.4 Å². The number of alkyl halides is 3. The number of hydrogen-bond acceptors (Lipinski definition) is 2. The standard InChI is InChI=1S/C7H3F4N3O/c8-4-1-2-5(13-14-12)6(3-4)15-7(9,10)11/h1-3H. The maximum Gasteiger partial charge on any atom is 0.573 e. The van der Waals surface area contributed by atoms with Crippen LogP contribution in [0.2, 0.25) is 0 Å². The van der Waals surface area contributed by atoms with E-state index in [9.17, 15) is 17.6 Å². The van der Waals surface area contributed by atoms with Crippen LogP contribution in [-0.4, -0.2) is 6.36 Å². The summed E-state index contributed by atoms with van der Waals surface area (Å²) in [4.78, 5) is 2.28. The van der Waals surface area contributed by atoms with Crippen molar-refractivity contribution in [3.63, 3.8) is 0 Å². The smallest absolute Gasteiger partial charge is 0.405 e. The molecule has 1 rings (SSSR count). The summed E-state index contributed by atoms with van der Waals surface area (Å²) in [7, 11) is 0. The van der Waals surface area contributed by atoms with Crippen molar-refractivity contribution in [2.24, 2.45) is 5.11 Å². The van der Waals surface area contributed by atoms with Crippen LogP contribution in [0.4, 0.5) is 23.2 Å². The van der Waals surface area contributed by atoms with Crippen molar-refractivity contribution >= 4 is 5.69 Å². The fourth-order valence-electron chi connectivity index (χ4n) is 0.825. The number of rotatable bonds is 2. The van der Waals surface area contributed by atoms with Crippen molar-refractivity contribution in [3.05, 3.63) is 34.5 Å². The first-order valence-corrected chi connectivity index (χ1v) is 3.53. The van der Waals surface area contributed by atoms with Gasteiger partial charge in [-0.3, -0.25) is 0 Å². The summed E-state index contributed by atoms with van der Waals surface area (Å²) in [6.45, 7) is 0. The molecule has 0 spiro atoms. The molecule has 0 radical (unpaired) electrons. The van der Waals surface area contributed by atoms with Gasteiger partial charge in [-0.15, -0.1) is 13.2 Å². The zero-order valence-corrected chi connectivity index (χ0v) is 6.99. The third-order valence-electron chi connectivity index (χ3n) is 1.30. The summed E-state index contributed by atoms with van der Waals surface area (Å²) in [5.41, 5.74) is 7.61. The lowest BCUT2D eigenvalue weighted by Gasteiger charge is -2.10. The molecule has 0 unspecified atom stereocenters. The SMILES string of the molecule is [N-]=[N+]=Nc1ccc(F)cc1OC(F)(F)F. The van der Waals surface area contributed by atoms with Crippen LogP contribution in [0, 0.1) is 5.82 Å². The van der Waals surface area contributed by atoms with Crippen molar-refractivity contribution in [1.29, 1.82) is 0 Å². The van der Waals surface area contributed by atoms with E-state index < -0.39 is 23.6 Å². The van der Waals surface area contributed by atoms with Crippen molar-refractivity contribution < 1.29 is 22.3 Å². The van der Waals surface area contributed by atoms with Gasteiger partial charge in [0, 0.05) is 11.0 Å². The van der Waals surface area contributed by atoms with E-state index in [-0.39, 0.29) is 0 Å². The minimum absolute atomic E-state index is 0.434.